The van der Waals surface area contributed by atoms with Gasteiger partial charge in [0.15, 0.2) is 0 Å². The van der Waals surface area contributed by atoms with Gasteiger partial charge < -0.3 is 5.32 Å². The van der Waals surface area contributed by atoms with Gasteiger partial charge in [-0.25, -0.2) is 8.78 Å². The maximum Gasteiger partial charge on any atom is 0.137 e. The van der Waals surface area contributed by atoms with Crippen LogP contribution in [0.3, 0.4) is 0 Å². The average Bonchev–Trinajstić information content (AvgIpc) is 2.40. The molecule has 100 valence electrons. The number of hydrogen-bond donors (Lipinski definition) is 1. The number of halogens is 3. The molecular formula is C15H14BrF2N. The molecule has 4 heteroatoms. The number of benzene rings is 2. The van der Waals surface area contributed by atoms with Gasteiger partial charge in [-0.3, -0.25) is 0 Å². The topological polar surface area (TPSA) is 12.0 Å². The first-order valence-electron chi connectivity index (χ1n) is 5.99. The second-order valence-electron chi connectivity index (χ2n) is 4.41. The molecule has 0 heterocycles. The van der Waals surface area contributed by atoms with E-state index in [9.17, 15) is 8.78 Å². The van der Waals surface area contributed by atoms with Crippen molar-refractivity contribution in [2.75, 3.05) is 0 Å². The van der Waals surface area contributed by atoms with Crippen LogP contribution in [-0.4, -0.2) is 0 Å². The Balaban J connectivity index is 2.00. The Bertz CT molecular complexity index is 572. The van der Waals surface area contributed by atoms with Gasteiger partial charge >= 0.3 is 0 Å². The van der Waals surface area contributed by atoms with Gasteiger partial charge in [0.2, 0.25) is 0 Å². The van der Waals surface area contributed by atoms with Crippen LogP contribution in [0.4, 0.5) is 8.78 Å². The first-order chi connectivity index (χ1) is 9.06. The first-order valence-corrected chi connectivity index (χ1v) is 6.78. The number of nitrogens with one attached hydrogen (secondary N) is 1. The van der Waals surface area contributed by atoms with Crippen molar-refractivity contribution in [1.29, 1.82) is 0 Å². The van der Waals surface area contributed by atoms with Crippen LogP contribution in [0, 0.1) is 11.6 Å². The molecule has 0 spiro atoms. The lowest BCUT2D eigenvalue weighted by atomic mass is 10.1. The minimum absolute atomic E-state index is 0.00223. The Morgan fingerprint density at radius 3 is 2.63 bits per heavy atom. The molecule has 0 fully saturated rings. The van der Waals surface area contributed by atoms with Crippen LogP contribution in [0.1, 0.15) is 24.1 Å². The summed E-state index contributed by atoms with van der Waals surface area (Å²) < 4.78 is 26.9. The summed E-state index contributed by atoms with van der Waals surface area (Å²) in [6, 6.07) is 11.5. The van der Waals surface area contributed by atoms with E-state index in [4.69, 9.17) is 0 Å². The summed E-state index contributed by atoms with van der Waals surface area (Å²) in [5.74, 6) is -0.529. The predicted molar refractivity (Wildman–Crippen MR) is 75.8 cm³/mol. The zero-order chi connectivity index (χ0) is 13.8. The lowest BCUT2D eigenvalue weighted by Crippen LogP contribution is -2.18. The Morgan fingerprint density at radius 1 is 1.16 bits per heavy atom. The van der Waals surface area contributed by atoms with E-state index in [-0.39, 0.29) is 17.7 Å². The largest absolute Gasteiger partial charge is 0.306 e. The van der Waals surface area contributed by atoms with E-state index in [1.165, 1.54) is 18.2 Å². The van der Waals surface area contributed by atoms with Crippen molar-refractivity contribution in [2.45, 2.75) is 19.5 Å². The van der Waals surface area contributed by atoms with Gasteiger partial charge in [0.1, 0.15) is 11.6 Å². The van der Waals surface area contributed by atoms with Crippen LogP contribution in [0.25, 0.3) is 0 Å². The predicted octanol–water partition coefficient (Wildman–Crippen LogP) is 4.58. The summed E-state index contributed by atoms with van der Waals surface area (Å²) in [5.41, 5.74) is 1.72. The van der Waals surface area contributed by atoms with Crippen molar-refractivity contribution in [3.8, 4) is 0 Å². The molecule has 19 heavy (non-hydrogen) atoms. The van der Waals surface area contributed by atoms with Gasteiger partial charge in [0, 0.05) is 12.6 Å². The van der Waals surface area contributed by atoms with Crippen LogP contribution in [-0.2, 0) is 6.54 Å². The highest BCUT2D eigenvalue weighted by atomic mass is 79.9. The standard InChI is InChI=1S/C15H14BrF2N/c1-10(12-3-2-4-13(17)8-12)19-9-11-5-6-14(16)15(18)7-11/h2-8,10,19H,9H2,1H3. The van der Waals surface area contributed by atoms with Gasteiger partial charge in [-0.1, -0.05) is 18.2 Å². The van der Waals surface area contributed by atoms with Crippen LogP contribution in [0.15, 0.2) is 46.9 Å². The smallest absolute Gasteiger partial charge is 0.137 e. The van der Waals surface area contributed by atoms with E-state index in [0.717, 1.165) is 11.1 Å². The fourth-order valence-corrected chi connectivity index (χ4v) is 2.06. The molecule has 0 radical (unpaired) electrons. The average molecular weight is 326 g/mol. The first kappa shape index (κ1) is 14.2. The molecular weight excluding hydrogens is 312 g/mol. The summed E-state index contributed by atoms with van der Waals surface area (Å²) in [4.78, 5) is 0. The van der Waals surface area contributed by atoms with Crippen LogP contribution in [0.2, 0.25) is 0 Å². The minimum Gasteiger partial charge on any atom is -0.306 e. The van der Waals surface area contributed by atoms with Gasteiger partial charge in [-0.2, -0.15) is 0 Å². The van der Waals surface area contributed by atoms with Crippen LogP contribution >= 0.6 is 15.9 Å². The molecule has 2 aromatic carbocycles. The van der Waals surface area contributed by atoms with Crippen LogP contribution in [0.5, 0.6) is 0 Å². The maximum atomic E-state index is 13.4. The van der Waals surface area contributed by atoms with E-state index in [0.29, 0.717) is 11.0 Å². The molecule has 1 N–H and O–H groups in total. The van der Waals surface area contributed by atoms with Crippen LogP contribution < -0.4 is 5.32 Å². The molecule has 0 saturated carbocycles. The van der Waals surface area contributed by atoms with Crippen molar-refractivity contribution in [1.82, 2.24) is 5.32 Å². The zero-order valence-corrected chi connectivity index (χ0v) is 12.0. The van der Waals surface area contributed by atoms with Crippen molar-refractivity contribution >= 4 is 15.9 Å². The normalized spacial score (nSPS) is 12.4. The van der Waals surface area contributed by atoms with Crippen molar-refractivity contribution in [2.24, 2.45) is 0 Å². The van der Waals surface area contributed by atoms with Crippen molar-refractivity contribution < 1.29 is 8.78 Å². The molecule has 0 amide bonds. The van der Waals surface area contributed by atoms with Gasteiger partial charge in [-0.15, -0.1) is 0 Å². The molecule has 0 saturated heterocycles. The third kappa shape index (κ3) is 3.85. The number of hydrogen-bond acceptors (Lipinski definition) is 1. The van der Waals surface area contributed by atoms with Gasteiger partial charge in [0.05, 0.1) is 4.47 Å². The summed E-state index contributed by atoms with van der Waals surface area (Å²) in [6.45, 7) is 2.48. The molecule has 2 rings (SSSR count). The summed E-state index contributed by atoms with van der Waals surface area (Å²) in [5, 5.41) is 3.24. The zero-order valence-electron chi connectivity index (χ0n) is 10.5. The van der Waals surface area contributed by atoms with E-state index < -0.39 is 0 Å². The fourth-order valence-electron chi connectivity index (χ4n) is 1.81. The Kier molecular flexibility index (Phi) is 4.66. The minimum atomic E-state index is -0.280. The summed E-state index contributed by atoms with van der Waals surface area (Å²) in [7, 11) is 0. The molecule has 1 atom stereocenters. The maximum absolute atomic E-state index is 13.4. The molecule has 0 aromatic heterocycles. The molecule has 0 aliphatic heterocycles. The monoisotopic (exact) mass is 325 g/mol. The highest BCUT2D eigenvalue weighted by Crippen LogP contribution is 2.18. The van der Waals surface area contributed by atoms with E-state index in [1.807, 2.05) is 19.1 Å². The third-order valence-corrected chi connectivity index (χ3v) is 3.59. The lowest BCUT2D eigenvalue weighted by Gasteiger charge is -2.14. The molecule has 0 aliphatic rings. The van der Waals surface area contributed by atoms with E-state index in [2.05, 4.69) is 21.2 Å². The van der Waals surface area contributed by atoms with Gasteiger partial charge in [-0.05, 0) is 58.2 Å². The van der Waals surface area contributed by atoms with Crippen molar-refractivity contribution in [3.63, 3.8) is 0 Å². The second kappa shape index (κ2) is 6.26. The molecule has 1 unspecified atom stereocenters. The van der Waals surface area contributed by atoms with Crippen molar-refractivity contribution in [3.05, 3.63) is 69.7 Å². The highest BCUT2D eigenvalue weighted by Gasteiger charge is 2.06. The van der Waals surface area contributed by atoms with E-state index >= 15 is 0 Å². The lowest BCUT2D eigenvalue weighted by molar-refractivity contribution is 0.560. The summed E-state index contributed by atoms with van der Waals surface area (Å²) >= 11 is 3.12. The second-order valence-corrected chi connectivity index (χ2v) is 5.26. The SMILES string of the molecule is CC(NCc1ccc(Br)c(F)c1)c1cccc(F)c1. The quantitative estimate of drug-likeness (QED) is 0.867. The molecule has 2 aromatic rings. The summed E-state index contributed by atoms with van der Waals surface area (Å²) in [6.07, 6.45) is 0. The van der Waals surface area contributed by atoms with E-state index in [1.54, 1.807) is 12.1 Å². The molecule has 1 nitrogen and oxygen atoms in total. The fraction of sp³-hybridized carbons (Fsp3) is 0.200. The Labute approximate surface area is 119 Å². The van der Waals surface area contributed by atoms with Gasteiger partial charge in [0.25, 0.3) is 0 Å². The highest BCUT2D eigenvalue weighted by molar-refractivity contribution is 9.10. The third-order valence-electron chi connectivity index (χ3n) is 2.95. The molecule has 0 bridgehead atoms. The Hall–Kier alpha value is -1.26. The molecule has 0 aliphatic carbocycles. The Morgan fingerprint density at radius 2 is 1.95 bits per heavy atom. The number of rotatable bonds is 4.